The van der Waals surface area contributed by atoms with Gasteiger partial charge in [0.05, 0.1) is 10.7 Å². The molecule has 0 heterocycles. The van der Waals surface area contributed by atoms with E-state index in [1.165, 1.54) is 0 Å². The summed E-state index contributed by atoms with van der Waals surface area (Å²) in [5.41, 5.74) is 0. The monoisotopic (exact) mass is 360 g/mol. The molecule has 21 heavy (non-hydrogen) atoms. The van der Waals surface area contributed by atoms with Gasteiger partial charge in [-0.25, -0.2) is 0 Å². The number of rotatable bonds is 3. The summed E-state index contributed by atoms with van der Waals surface area (Å²) >= 11 is 0. The van der Waals surface area contributed by atoms with Crippen LogP contribution in [0, 0.1) is 0 Å². The fraction of sp³-hybridized carbons (Fsp3) is 0.0526. The van der Waals surface area contributed by atoms with Crippen molar-refractivity contribution < 1.29 is 21.1 Å². The molecule has 0 nitrogen and oxygen atoms in total. The maximum absolute atomic E-state index is 8.43. The zero-order chi connectivity index (χ0) is 16.3. The molecular weight excluding hydrogens is 340 g/mol. The third-order valence-electron chi connectivity index (χ3n) is 3.43. The van der Waals surface area contributed by atoms with E-state index in [4.69, 9.17) is 4.11 Å². The summed E-state index contributed by atoms with van der Waals surface area (Å²) in [4.78, 5) is 0. The standard InChI is InChI=1S/C19H18P.BrH/c1-20(17-11-5-2-6-12-17,18-13-7-3-8-14-18)19-15-9-4-10-16-19;/h2-16H,1H3;1H/q+1;/p-1/i1+1D3;. The van der Waals surface area contributed by atoms with E-state index in [9.17, 15) is 0 Å². The van der Waals surface area contributed by atoms with E-state index in [2.05, 4.69) is 0 Å². The molecule has 0 N–H and O–H groups in total. The smallest absolute Gasteiger partial charge is 0.109 e. The second-order valence-electron chi connectivity index (χ2n) is 4.68. The van der Waals surface area contributed by atoms with Crippen LogP contribution in [0.3, 0.4) is 0 Å². The van der Waals surface area contributed by atoms with Crippen LogP contribution in [0.5, 0.6) is 0 Å². The van der Waals surface area contributed by atoms with Crippen molar-refractivity contribution in [3.05, 3.63) is 91.0 Å². The Bertz CT molecular complexity index is 662. The normalized spacial score (nSPS) is 13.4. The molecule has 0 aliphatic carbocycles. The largest absolute Gasteiger partial charge is 1.00 e. The molecule has 106 valence electrons. The summed E-state index contributed by atoms with van der Waals surface area (Å²) < 4.78 is 25.3. The third kappa shape index (κ3) is 3.10. The summed E-state index contributed by atoms with van der Waals surface area (Å²) in [6.45, 7) is -2.11. The summed E-state index contributed by atoms with van der Waals surface area (Å²) in [6.07, 6.45) is 0. The molecule has 0 atom stereocenters. The van der Waals surface area contributed by atoms with Gasteiger partial charge in [-0.1, -0.05) is 54.6 Å². The molecule has 0 aromatic heterocycles. The second-order valence-corrected chi connectivity index (χ2v) is 7.57. The first kappa shape index (κ1) is 12.1. The van der Waals surface area contributed by atoms with Gasteiger partial charge >= 0.3 is 0 Å². The quantitative estimate of drug-likeness (QED) is 0.474. The van der Waals surface area contributed by atoms with Gasteiger partial charge in [0.25, 0.3) is 0 Å². The van der Waals surface area contributed by atoms with Gasteiger partial charge in [0, 0.05) is 0 Å². The van der Waals surface area contributed by atoms with E-state index >= 15 is 0 Å². The van der Waals surface area contributed by atoms with E-state index in [-0.39, 0.29) is 17.0 Å². The Balaban J connectivity index is 0.00000208. The van der Waals surface area contributed by atoms with Gasteiger partial charge in [0.1, 0.15) is 23.2 Å². The van der Waals surface area contributed by atoms with Crippen molar-refractivity contribution in [3.63, 3.8) is 0 Å². The fourth-order valence-electron chi connectivity index (χ4n) is 2.40. The molecule has 0 saturated heterocycles. The van der Waals surface area contributed by atoms with Crippen LogP contribution >= 0.6 is 7.26 Å². The molecule has 0 amide bonds. The Morgan fingerprint density at radius 3 is 1.10 bits per heavy atom. The van der Waals surface area contributed by atoms with Gasteiger partial charge in [-0.2, -0.15) is 0 Å². The van der Waals surface area contributed by atoms with E-state index < -0.39 is 13.9 Å². The van der Waals surface area contributed by atoms with Crippen molar-refractivity contribution in [2.24, 2.45) is 0 Å². The van der Waals surface area contributed by atoms with Gasteiger partial charge in [0.15, 0.2) is 0 Å². The lowest BCUT2D eigenvalue weighted by Gasteiger charge is -2.22. The zero-order valence-corrected chi connectivity index (χ0v) is 14.0. The first-order valence-electron chi connectivity index (χ1n) is 8.13. The van der Waals surface area contributed by atoms with Gasteiger partial charge in [-0.15, -0.1) is 0 Å². The molecule has 0 aliphatic heterocycles. The van der Waals surface area contributed by atoms with Crippen molar-refractivity contribution >= 4 is 23.2 Å². The molecule has 3 aromatic carbocycles. The molecule has 0 aliphatic rings. The maximum atomic E-state index is 8.43. The van der Waals surface area contributed by atoms with Crippen LogP contribution < -0.4 is 32.9 Å². The van der Waals surface area contributed by atoms with E-state index in [0.29, 0.717) is 0 Å². The van der Waals surface area contributed by atoms with Crippen LogP contribution in [0.25, 0.3) is 0 Å². The number of benzene rings is 3. The molecule has 0 fully saturated rings. The first-order valence-corrected chi connectivity index (χ1v) is 8.42. The molecule has 0 bridgehead atoms. The first-order chi connectivity index (χ1) is 11.1. The van der Waals surface area contributed by atoms with Gasteiger partial charge in [-0.05, 0) is 36.4 Å². The minimum atomic E-state index is -2.74. The molecule has 0 radical (unpaired) electrons. The molecule has 3 rings (SSSR count). The van der Waals surface area contributed by atoms with Crippen molar-refractivity contribution in [2.75, 3.05) is 6.59 Å². The average molecular weight is 361 g/mol. The van der Waals surface area contributed by atoms with Crippen LogP contribution in [-0.4, -0.2) is 6.59 Å². The summed E-state index contributed by atoms with van der Waals surface area (Å²) in [6, 6.07) is 29.0. The van der Waals surface area contributed by atoms with Crippen LogP contribution in [-0.2, 0) is 0 Å². The Morgan fingerprint density at radius 1 is 0.571 bits per heavy atom. The summed E-state index contributed by atoms with van der Waals surface area (Å²) in [7, 11) is -2.74. The van der Waals surface area contributed by atoms with Crippen molar-refractivity contribution in [1.29, 1.82) is 0 Å². The van der Waals surface area contributed by atoms with Crippen molar-refractivity contribution in [2.45, 2.75) is 0 Å². The van der Waals surface area contributed by atoms with E-state index in [0.717, 1.165) is 15.9 Å². The Kier molecular flexibility index (Phi) is 4.06. The van der Waals surface area contributed by atoms with Crippen LogP contribution in [0.4, 0.5) is 0 Å². The second kappa shape index (κ2) is 7.02. The molecule has 0 spiro atoms. The lowest BCUT2D eigenvalue weighted by molar-refractivity contribution is -0.00000390. The molecule has 0 unspecified atom stereocenters. The topological polar surface area (TPSA) is 0 Å². The summed E-state index contributed by atoms with van der Waals surface area (Å²) in [5, 5.41) is 2.66. The van der Waals surface area contributed by atoms with Gasteiger partial charge < -0.3 is 17.0 Å². The highest BCUT2D eigenvalue weighted by Crippen LogP contribution is 2.51. The maximum Gasteiger partial charge on any atom is 0.109 e. The molecule has 2 heteroatoms. The fourth-order valence-corrected chi connectivity index (χ4v) is 5.15. The highest BCUT2D eigenvalue weighted by molar-refractivity contribution is 7.95. The van der Waals surface area contributed by atoms with Crippen LogP contribution in [0.2, 0.25) is 0 Å². The predicted octanol–water partition coefficient (Wildman–Crippen LogP) is 0.614. The molecule has 0 saturated carbocycles. The highest BCUT2D eigenvalue weighted by atomic mass is 79.9. The number of halogens is 1. The van der Waals surface area contributed by atoms with Gasteiger partial charge in [-0.3, -0.25) is 0 Å². The lowest BCUT2D eigenvalue weighted by Crippen LogP contribution is -3.00. The lowest BCUT2D eigenvalue weighted by atomic mass is 10.4. The van der Waals surface area contributed by atoms with Crippen LogP contribution in [0.1, 0.15) is 4.11 Å². The SMILES string of the molecule is [2H][13C]([2H])([2H])[P+](c1ccccc1)(c1ccccc1)c1ccccc1.[Br-]. The van der Waals surface area contributed by atoms with Gasteiger partial charge in [0.2, 0.25) is 0 Å². The predicted molar refractivity (Wildman–Crippen MR) is 91.1 cm³/mol. The Labute approximate surface area is 142 Å². The van der Waals surface area contributed by atoms with E-state index in [1.807, 2.05) is 91.0 Å². The number of hydrogen-bond donors (Lipinski definition) is 0. The molecular formula is C19H18BrP. The van der Waals surface area contributed by atoms with E-state index in [1.54, 1.807) is 0 Å². The summed E-state index contributed by atoms with van der Waals surface area (Å²) in [5.74, 6) is 0. The van der Waals surface area contributed by atoms with Crippen molar-refractivity contribution in [1.82, 2.24) is 0 Å². The van der Waals surface area contributed by atoms with Crippen molar-refractivity contribution in [3.8, 4) is 0 Å². The highest BCUT2D eigenvalue weighted by Gasteiger charge is 2.39. The average Bonchev–Trinajstić information content (AvgIpc) is 2.57. The minimum Gasteiger partial charge on any atom is -1.00 e. The molecule has 3 aromatic rings. The Hall–Kier alpha value is -1.43. The zero-order valence-electron chi connectivity index (χ0n) is 14.5. The third-order valence-corrected chi connectivity index (χ3v) is 6.65. The number of hydrogen-bond acceptors (Lipinski definition) is 0. The minimum absolute atomic E-state index is 0. The van der Waals surface area contributed by atoms with Crippen LogP contribution in [0.15, 0.2) is 91.0 Å². The Morgan fingerprint density at radius 2 is 0.857 bits per heavy atom.